The van der Waals surface area contributed by atoms with Crippen molar-refractivity contribution in [1.29, 1.82) is 0 Å². The zero-order valence-corrected chi connectivity index (χ0v) is 13.1. The first-order valence-corrected chi connectivity index (χ1v) is 7.95. The Hall–Kier alpha value is -1.59. The molecule has 0 heterocycles. The lowest BCUT2D eigenvalue weighted by Gasteiger charge is -2.26. The molecular formula is C17H26N2O3. The van der Waals surface area contributed by atoms with Gasteiger partial charge in [0.15, 0.2) is 0 Å². The molecular weight excluding hydrogens is 280 g/mol. The number of hydrogen-bond donors (Lipinski definition) is 3. The fourth-order valence-electron chi connectivity index (χ4n) is 2.78. The molecule has 1 aliphatic carbocycles. The van der Waals surface area contributed by atoms with E-state index >= 15 is 0 Å². The SMILES string of the molecule is Cc1cccc(OCC(O)CNC(=O)C2CCCC(N)C2)c1. The fraction of sp³-hybridized carbons (Fsp3) is 0.588. The number of aliphatic hydroxyl groups is 1. The molecule has 2 rings (SSSR count). The average Bonchev–Trinajstić information content (AvgIpc) is 2.50. The minimum atomic E-state index is -0.721. The maximum absolute atomic E-state index is 12.0. The molecule has 5 heteroatoms. The van der Waals surface area contributed by atoms with Crippen LogP contribution in [0.15, 0.2) is 24.3 Å². The zero-order chi connectivity index (χ0) is 15.9. The summed E-state index contributed by atoms with van der Waals surface area (Å²) in [5.41, 5.74) is 7.00. The molecule has 0 aromatic heterocycles. The van der Waals surface area contributed by atoms with Crippen LogP contribution in [0.2, 0.25) is 0 Å². The highest BCUT2D eigenvalue weighted by Crippen LogP contribution is 2.23. The first-order valence-electron chi connectivity index (χ1n) is 7.95. The number of nitrogens with one attached hydrogen (secondary N) is 1. The lowest BCUT2D eigenvalue weighted by molar-refractivity contribution is -0.126. The van der Waals surface area contributed by atoms with E-state index in [0.717, 1.165) is 37.0 Å². The van der Waals surface area contributed by atoms with Crippen LogP contribution in [0.1, 0.15) is 31.2 Å². The smallest absolute Gasteiger partial charge is 0.223 e. The van der Waals surface area contributed by atoms with Gasteiger partial charge in [-0.2, -0.15) is 0 Å². The summed E-state index contributed by atoms with van der Waals surface area (Å²) in [5.74, 6) is 0.696. The molecule has 0 bridgehead atoms. The average molecular weight is 306 g/mol. The van der Waals surface area contributed by atoms with E-state index in [-0.39, 0.29) is 31.0 Å². The van der Waals surface area contributed by atoms with Crippen molar-refractivity contribution in [2.45, 2.75) is 44.8 Å². The Morgan fingerprint density at radius 3 is 3.05 bits per heavy atom. The van der Waals surface area contributed by atoms with E-state index in [1.54, 1.807) is 0 Å². The van der Waals surface area contributed by atoms with Crippen molar-refractivity contribution < 1.29 is 14.6 Å². The molecule has 5 nitrogen and oxygen atoms in total. The molecule has 4 N–H and O–H groups in total. The molecule has 0 aliphatic heterocycles. The van der Waals surface area contributed by atoms with Gasteiger partial charge in [-0.1, -0.05) is 18.6 Å². The maximum Gasteiger partial charge on any atom is 0.223 e. The van der Waals surface area contributed by atoms with Gasteiger partial charge in [0.05, 0.1) is 0 Å². The van der Waals surface area contributed by atoms with Crippen LogP contribution in [0, 0.1) is 12.8 Å². The van der Waals surface area contributed by atoms with Crippen LogP contribution in [0.25, 0.3) is 0 Å². The predicted octanol–water partition coefficient (Wildman–Crippen LogP) is 1.37. The number of carbonyl (C=O) groups excluding carboxylic acids is 1. The highest BCUT2D eigenvalue weighted by atomic mass is 16.5. The highest BCUT2D eigenvalue weighted by Gasteiger charge is 2.25. The van der Waals surface area contributed by atoms with Gasteiger partial charge in [-0.05, 0) is 43.9 Å². The predicted molar refractivity (Wildman–Crippen MR) is 85.6 cm³/mol. The number of ether oxygens (including phenoxy) is 1. The van der Waals surface area contributed by atoms with Crippen molar-refractivity contribution in [3.8, 4) is 5.75 Å². The van der Waals surface area contributed by atoms with E-state index in [2.05, 4.69) is 5.32 Å². The monoisotopic (exact) mass is 306 g/mol. The Labute approximate surface area is 131 Å². The Morgan fingerprint density at radius 1 is 1.50 bits per heavy atom. The number of benzene rings is 1. The summed E-state index contributed by atoms with van der Waals surface area (Å²) in [7, 11) is 0. The normalized spacial score (nSPS) is 22.9. The van der Waals surface area contributed by atoms with Gasteiger partial charge in [-0.25, -0.2) is 0 Å². The van der Waals surface area contributed by atoms with Gasteiger partial charge in [0, 0.05) is 18.5 Å². The molecule has 1 fully saturated rings. The largest absolute Gasteiger partial charge is 0.491 e. The Kier molecular flexibility index (Phi) is 6.21. The van der Waals surface area contributed by atoms with Gasteiger partial charge in [-0.15, -0.1) is 0 Å². The Morgan fingerprint density at radius 2 is 2.32 bits per heavy atom. The topological polar surface area (TPSA) is 84.6 Å². The fourth-order valence-corrected chi connectivity index (χ4v) is 2.78. The molecule has 3 atom stereocenters. The lowest BCUT2D eigenvalue weighted by atomic mass is 9.85. The molecule has 1 aromatic carbocycles. The second-order valence-corrected chi connectivity index (χ2v) is 6.15. The number of hydrogen-bond acceptors (Lipinski definition) is 4. The van der Waals surface area contributed by atoms with E-state index < -0.39 is 6.10 Å². The van der Waals surface area contributed by atoms with E-state index in [1.807, 2.05) is 31.2 Å². The summed E-state index contributed by atoms with van der Waals surface area (Å²) in [5, 5.41) is 12.7. The number of aryl methyl sites for hydroxylation is 1. The molecule has 3 unspecified atom stereocenters. The van der Waals surface area contributed by atoms with Gasteiger partial charge in [-0.3, -0.25) is 4.79 Å². The van der Waals surface area contributed by atoms with E-state index in [0.29, 0.717) is 0 Å². The van der Waals surface area contributed by atoms with Crippen LogP contribution in [0.5, 0.6) is 5.75 Å². The van der Waals surface area contributed by atoms with E-state index in [9.17, 15) is 9.90 Å². The summed E-state index contributed by atoms with van der Waals surface area (Å²) in [6, 6.07) is 7.78. The summed E-state index contributed by atoms with van der Waals surface area (Å²) < 4.78 is 5.52. The molecule has 1 saturated carbocycles. The minimum absolute atomic E-state index is 0.00949. The van der Waals surface area contributed by atoms with Crippen molar-refractivity contribution in [3.05, 3.63) is 29.8 Å². The number of carbonyl (C=O) groups is 1. The first kappa shape index (κ1) is 16.8. The zero-order valence-electron chi connectivity index (χ0n) is 13.1. The molecule has 0 radical (unpaired) electrons. The molecule has 1 aliphatic rings. The Bertz CT molecular complexity index is 493. The van der Waals surface area contributed by atoms with Crippen molar-refractivity contribution in [2.24, 2.45) is 11.7 Å². The molecule has 22 heavy (non-hydrogen) atoms. The number of amides is 1. The van der Waals surface area contributed by atoms with Crippen molar-refractivity contribution in [1.82, 2.24) is 5.32 Å². The van der Waals surface area contributed by atoms with Crippen LogP contribution in [0.4, 0.5) is 0 Å². The first-order chi connectivity index (χ1) is 10.5. The van der Waals surface area contributed by atoms with E-state index in [1.165, 1.54) is 0 Å². The highest BCUT2D eigenvalue weighted by molar-refractivity contribution is 5.78. The van der Waals surface area contributed by atoms with Crippen LogP contribution < -0.4 is 15.8 Å². The third kappa shape index (κ3) is 5.31. The molecule has 0 saturated heterocycles. The third-order valence-corrected chi connectivity index (χ3v) is 4.03. The van der Waals surface area contributed by atoms with Crippen LogP contribution >= 0.6 is 0 Å². The second-order valence-electron chi connectivity index (χ2n) is 6.15. The third-order valence-electron chi connectivity index (χ3n) is 4.03. The lowest BCUT2D eigenvalue weighted by Crippen LogP contribution is -2.41. The second kappa shape index (κ2) is 8.15. The van der Waals surface area contributed by atoms with Crippen molar-refractivity contribution >= 4 is 5.91 Å². The Balaban J connectivity index is 1.68. The van der Waals surface area contributed by atoms with Gasteiger partial charge in [0.2, 0.25) is 5.91 Å². The van der Waals surface area contributed by atoms with Crippen LogP contribution in [0.3, 0.4) is 0 Å². The van der Waals surface area contributed by atoms with Crippen LogP contribution in [-0.4, -0.2) is 36.3 Å². The molecule has 122 valence electrons. The quantitative estimate of drug-likeness (QED) is 0.741. The van der Waals surface area contributed by atoms with Gasteiger partial charge in [0.1, 0.15) is 18.5 Å². The van der Waals surface area contributed by atoms with Gasteiger partial charge >= 0.3 is 0 Å². The number of aliphatic hydroxyl groups excluding tert-OH is 1. The summed E-state index contributed by atoms with van der Waals surface area (Å²) in [4.78, 5) is 12.0. The minimum Gasteiger partial charge on any atom is -0.491 e. The number of nitrogens with two attached hydrogens (primary N) is 1. The van der Waals surface area contributed by atoms with E-state index in [4.69, 9.17) is 10.5 Å². The standard InChI is InChI=1S/C17H26N2O3/c1-12-4-2-7-16(8-12)22-11-15(20)10-19-17(21)13-5-3-6-14(18)9-13/h2,4,7-8,13-15,20H,3,5-6,9-11,18H2,1H3,(H,19,21). The van der Waals surface area contributed by atoms with Crippen molar-refractivity contribution in [2.75, 3.05) is 13.2 Å². The maximum atomic E-state index is 12.0. The van der Waals surface area contributed by atoms with Gasteiger partial charge in [0.25, 0.3) is 0 Å². The summed E-state index contributed by atoms with van der Waals surface area (Å²) in [6.07, 6.45) is 2.90. The van der Waals surface area contributed by atoms with Gasteiger partial charge < -0.3 is 20.9 Å². The molecule has 1 aromatic rings. The summed E-state index contributed by atoms with van der Waals surface area (Å²) in [6.45, 7) is 2.35. The summed E-state index contributed by atoms with van der Waals surface area (Å²) >= 11 is 0. The molecule has 0 spiro atoms. The number of rotatable bonds is 6. The van der Waals surface area contributed by atoms with Crippen LogP contribution in [-0.2, 0) is 4.79 Å². The molecule has 1 amide bonds. The van der Waals surface area contributed by atoms with Crippen molar-refractivity contribution in [3.63, 3.8) is 0 Å².